The number of nitrogen functional groups attached to an aromatic ring is 1. The van der Waals surface area contributed by atoms with Gasteiger partial charge >= 0.3 is 5.97 Å². The highest BCUT2D eigenvalue weighted by Crippen LogP contribution is 2.36. The fourth-order valence-electron chi connectivity index (χ4n) is 3.40. The van der Waals surface area contributed by atoms with Crippen LogP contribution in [0.4, 0.5) is 5.82 Å². The molecule has 1 aliphatic rings. The van der Waals surface area contributed by atoms with Crippen LogP contribution in [0.3, 0.4) is 0 Å². The summed E-state index contributed by atoms with van der Waals surface area (Å²) in [5.74, 6) is -0.244. The summed E-state index contributed by atoms with van der Waals surface area (Å²) in [5, 5.41) is 25.1. The summed E-state index contributed by atoms with van der Waals surface area (Å²) >= 11 is 0. The summed E-state index contributed by atoms with van der Waals surface area (Å²) in [7, 11) is 0. The number of anilines is 1. The van der Waals surface area contributed by atoms with Crippen LogP contribution in [0.15, 0.2) is 48.8 Å². The van der Waals surface area contributed by atoms with Gasteiger partial charge in [0.25, 0.3) is 0 Å². The van der Waals surface area contributed by atoms with E-state index >= 15 is 0 Å². The number of fused-ring (bicyclic) bond motifs is 1. The van der Waals surface area contributed by atoms with Gasteiger partial charge in [-0.2, -0.15) is 5.10 Å². The fraction of sp³-hybridized carbons (Fsp3) is 0.316. The number of esters is 1. The molecule has 9 heteroatoms. The standard InChI is InChI=1S/C19H20N4O5/c1-10(27-19(26)11-5-3-2-4-6-11)16-14(24)15(25)17(28-16)12-7-8-13-18(20)21-9-22-23(12)13/h2-10,14-17,24-25H,1H3,(H2,20,21,22)/t10-,14-,15+,16?,17-/m0/s1. The molecule has 5 atom stereocenters. The lowest BCUT2D eigenvalue weighted by atomic mass is 10.0. The lowest BCUT2D eigenvalue weighted by Gasteiger charge is -2.22. The molecule has 0 aliphatic carbocycles. The normalized spacial score (nSPS) is 25.7. The Morgan fingerprint density at radius 2 is 1.96 bits per heavy atom. The van der Waals surface area contributed by atoms with E-state index in [-0.39, 0.29) is 5.82 Å². The minimum Gasteiger partial charge on any atom is -0.456 e. The zero-order valence-corrected chi connectivity index (χ0v) is 15.0. The summed E-state index contributed by atoms with van der Waals surface area (Å²) in [6.45, 7) is 1.61. The highest BCUT2D eigenvalue weighted by atomic mass is 16.6. The molecule has 0 amide bonds. The number of nitrogens with zero attached hydrogens (tertiary/aromatic N) is 3. The molecule has 9 nitrogen and oxygen atoms in total. The predicted octanol–water partition coefficient (Wildman–Crippen LogP) is 0.719. The van der Waals surface area contributed by atoms with Crippen molar-refractivity contribution in [3.05, 3.63) is 60.0 Å². The maximum Gasteiger partial charge on any atom is 0.338 e. The first-order chi connectivity index (χ1) is 13.5. The number of nitrogens with two attached hydrogens (primary N) is 1. The predicted molar refractivity (Wildman–Crippen MR) is 98.3 cm³/mol. The largest absolute Gasteiger partial charge is 0.456 e. The van der Waals surface area contributed by atoms with Gasteiger partial charge in [0.05, 0.1) is 11.3 Å². The third-order valence-electron chi connectivity index (χ3n) is 4.87. The molecule has 1 saturated heterocycles. The van der Waals surface area contributed by atoms with E-state index in [4.69, 9.17) is 15.2 Å². The molecule has 1 aliphatic heterocycles. The molecule has 0 bridgehead atoms. The molecule has 3 heterocycles. The zero-order valence-electron chi connectivity index (χ0n) is 15.0. The third-order valence-corrected chi connectivity index (χ3v) is 4.87. The monoisotopic (exact) mass is 384 g/mol. The van der Waals surface area contributed by atoms with Crippen LogP contribution in [0.25, 0.3) is 5.52 Å². The Kier molecular flexibility index (Phi) is 4.71. The van der Waals surface area contributed by atoms with Crippen molar-refractivity contribution in [1.29, 1.82) is 0 Å². The highest BCUT2D eigenvalue weighted by molar-refractivity contribution is 5.89. The molecule has 1 aromatic carbocycles. The summed E-state index contributed by atoms with van der Waals surface area (Å²) in [5.41, 5.74) is 7.30. The molecule has 28 heavy (non-hydrogen) atoms. The van der Waals surface area contributed by atoms with E-state index in [1.165, 1.54) is 10.8 Å². The van der Waals surface area contributed by atoms with Crippen LogP contribution in [-0.4, -0.2) is 55.2 Å². The lowest BCUT2D eigenvalue weighted by molar-refractivity contribution is -0.0700. The van der Waals surface area contributed by atoms with Gasteiger partial charge in [-0.05, 0) is 31.2 Å². The van der Waals surface area contributed by atoms with Crippen molar-refractivity contribution in [1.82, 2.24) is 14.6 Å². The second kappa shape index (κ2) is 7.19. The average Bonchev–Trinajstić information content (AvgIpc) is 3.25. The van der Waals surface area contributed by atoms with Crippen LogP contribution in [0, 0.1) is 0 Å². The molecule has 0 spiro atoms. The van der Waals surface area contributed by atoms with Crippen LogP contribution in [0.5, 0.6) is 0 Å². The molecule has 1 unspecified atom stereocenters. The van der Waals surface area contributed by atoms with E-state index in [0.29, 0.717) is 16.8 Å². The van der Waals surface area contributed by atoms with Gasteiger partial charge < -0.3 is 25.4 Å². The number of carbonyl (C=O) groups excluding carboxylic acids is 1. The van der Waals surface area contributed by atoms with Crippen molar-refractivity contribution in [3.8, 4) is 0 Å². The third kappa shape index (κ3) is 3.09. The minimum atomic E-state index is -1.24. The van der Waals surface area contributed by atoms with Crippen molar-refractivity contribution in [2.75, 3.05) is 5.73 Å². The molecule has 3 aromatic rings. The quantitative estimate of drug-likeness (QED) is 0.561. The Balaban J connectivity index is 1.54. The van der Waals surface area contributed by atoms with E-state index in [0.717, 1.165) is 0 Å². The van der Waals surface area contributed by atoms with Crippen molar-refractivity contribution < 1.29 is 24.5 Å². The number of aliphatic hydroxyl groups is 2. The molecular formula is C19H20N4O5. The van der Waals surface area contributed by atoms with Crippen molar-refractivity contribution in [3.63, 3.8) is 0 Å². The van der Waals surface area contributed by atoms with Gasteiger partial charge in [0.1, 0.15) is 42.4 Å². The van der Waals surface area contributed by atoms with Crippen LogP contribution < -0.4 is 5.73 Å². The Labute approximate surface area is 160 Å². The molecule has 0 saturated carbocycles. The number of ether oxygens (including phenoxy) is 2. The van der Waals surface area contributed by atoms with Crippen molar-refractivity contribution in [2.45, 2.75) is 37.4 Å². The number of aromatic nitrogens is 3. The lowest BCUT2D eigenvalue weighted by Crippen LogP contribution is -2.39. The number of carbonyl (C=O) groups is 1. The maximum atomic E-state index is 12.3. The van der Waals surface area contributed by atoms with E-state index in [1.54, 1.807) is 49.4 Å². The first-order valence-corrected chi connectivity index (χ1v) is 8.83. The highest BCUT2D eigenvalue weighted by Gasteiger charge is 2.47. The average molecular weight is 384 g/mol. The fourth-order valence-corrected chi connectivity index (χ4v) is 3.40. The number of hydrogen-bond acceptors (Lipinski definition) is 8. The first kappa shape index (κ1) is 18.4. The van der Waals surface area contributed by atoms with Gasteiger partial charge in [-0.15, -0.1) is 0 Å². The van der Waals surface area contributed by atoms with E-state index < -0.39 is 36.5 Å². The van der Waals surface area contributed by atoms with Crippen LogP contribution in [0.2, 0.25) is 0 Å². The summed E-state index contributed by atoms with van der Waals surface area (Å²) in [4.78, 5) is 16.2. The van der Waals surface area contributed by atoms with E-state index in [9.17, 15) is 15.0 Å². The molecule has 1 fully saturated rings. The number of rotatable bonds is 4. The molecule has 4 N–H and O–H groups in total. The molecule has 146 valence electrons. The smallest absolute Gasteiger partial charge is 0.338 e. The SMILES string of the molecule is C[C@H](OC(=O)c1ccccc1)C1O[C@@H](c2ccc3c(N)ncnn23)[C@H](O)[C@@H]1O. The van der Waals surface area contributed by atoms with Crippen LogP contribution in [0.1, 0.15) is 29.1 Å². The van der Waals surface area contributed by atoms with Gasteiger partial charge in [0.2, 0.25) is 0 Å². The van der Waals surface area contributed by atoms with Gasteiger partial charge in [-0.25, -0.2) is 14.3 Å². The zero-order chi connectivity index (χ0) is 19.8. The molecule has 0 radical (unpaired) electrons. The maximum absolute atomic E-state index is 12.3. The Morgan fingerprint density at radius 3 is 2.71 bits per heavy atom. The van der Waals surface area contributed by atoms with E-state index in [1.807, 2.05) is 0 Å². The Hall–Kier alpha value is -3.01. The van der Waals surface area contributed by atoms with E-state index in [2.05, 4.69) is 10.1 Å². The number of aliphatic hydroxyl groups excluding tert-OH is 2. The second-order valence-corrected chi connectivity index (χ2v) is 6.68. The molecular weight excluding hydrogens is 364 g/mol. The van der Waals surface area contributed by atoms with Gasteiger partial charge in [0.15, 0.2) is 5.82 Å². The topological polar surface area (TPSA) is 132 Å². The van der Waals surface area contributed by atoms with Gasteiger partial charge in [-0.1, -0.05) is 18.2 Å². The minimum absolute atomic E-state index is 0.288. The number of benzene rings is 1. The summed E-state index contributed by atoms with van der Waals surface area (Å²) in [6, 6.07) is 11.9. The second-order valence-electron chi connectivity index (χ2n) is 6.68. The first-order valence-electron chi connectivity index (χ1n) is 8.83. The number of hydrogen-bond donors (Lipinski definition) is 3. The van der Waals surface area contributed by atoms with Crippen LogP contribution >= 0.6 is 0 Å². The van der Waals surface area contributed by atoms with Crippen molar-refractivity contribution in [2.24, 2.45) is 0 Å². The Bertz CT molecular complexity index is 992. The molecule has 2 aromatic heterocycles. The molecule has 4 rings (SSSR count). The van der Waals surface area contributed by atoms with Crippen LogP contribution in [-0.2, 0) is 9.47 Å². The van der Waals surface area contributed by atoms with Gasteiger partial charge in [0, 0.05) is 0 Å². The summed E-state index contributed by atoms with van der Waals surface area (Å²) in [6.07, 6.45) is -3.73. The van der Waals surface area contributed by atoms with Crippen molar-refractivity contribution >= 4 is 17.3 Å². The summed E-state index contributed by atoms with van der Waals surface area (Å²) < 4.78 is 12.8. The Morgan fingerprint density at radius 1 is 1.21 bits per heavy atom. The van der Waals surface area contributed by atoms with Gasteiger partial charge in [-0.3, -0.25) is 0 Å².